The zero-order chi connectivity index (χ0) is 43.2. The molecule has 326 valence electrons. The molecule has 16 nitrogen and oxygen atoms in total. The van der Waals surface area contributed by atoms with Gasteiger partial charge in [0.15, 0.2) is 18.2 Å². The van der Waals surface area contributed by atoms with E-state index >= 15 is 0 Å². The third kappa shape index (κ3) is 8.47. The lowest BCUT2D eigenvalue weighted by Gasteiger charge is -2.47. The molecule has 0 spiro atoms. The molecule has 4 N–H and O–H groups in total. The van der Waals surface area contributed by atoms with Gasteiger partial charge in [-0.05, 0) is 106 Å². The minimum absolute atomic E-state index is 0.0445. The topological polar surface area (TPSA) is 194 Å². The first-order valence-electron chi connectivity index (χ1n) is 21.7. The summed E-state index contributed by atoms with van der Waals surface area (Å²) < 4.78 is 13.7. The van der Waals surface area contributed by atoms with Gasteiger partial charge in [0, 0.05) is 67.9 Å². The summed E-state index contributed by atoms with van der Waals surface area (Å²) in [5.74, 6) is 0.0785. The Morgan fingerprint density at radius 1 is 0.968 bits per heavy atom. The second-order valence-electron chi connectivity index (χ2n) is 17.5. The van der Waals surface area contributed by atoms with Crippen molar-refractivity contribution in [2.75, 3.05) is 43.0 Å². The first-order valence-corrected chi connectivity index (χ1v) is 22.1. The molecule has 4 aromatic rings. The van der Waals surface area contributed by atoms with Gasteiger partial charge in [-0.15, -0.1) is 0 Å². The highest BCUT2D eigenvalue weighted by atomic mass is 35.5. The standard InChI is InChI=1S/C45H52ClN9O7/c1-25(2)55-36-10-6-30(18-28(36)19-38(44(55)60)61-24-39(47)56)49-41-35(46)20-48-45(51-41)52-15-13-32(14-16-52)62-33-22-53(23-33)31-7-3-26(4-8-31)27-5-9-34-29(17-27)21-54(43(34)59)37-11-12-40(57)50-42(37)58/h5-6,9-10,17-20,25-26,31-33,37H,3-4,7-8,11-16,21-24H2,1-2H3,(H2,47,56)(H,48,49,51)(H,50,57,58). The summed E-state index contributed by atoms with van der Waals surface area (Å²) in [5.41, 5.74) is 9.25. The van der Waals surface area contributed by atoms with E-state index in [1.165, 1.54) is 5.56 Å². The second kappa shape index (κ2) is 17.3. The van der Waals surface area contributed by atoms with Crippen molar-refractivity contribution in [3.05, 3.63) is 80.7 Å². The number of halogens is 1. The highest BCUT2D eigenvalue weighted by Crippen LogP contribution is 2.39. The van der Waals surface area contributed by atoms with Crippen LogP contribution in [0, 0.1) is 0 Å². The molecule has 4 aliphatic heterocycles. The zero-order valence-electron chi connectivity index (χ0n) is 35.0. The fourth-order valence-electron chi connectivity index (χ4n) is 9.84. The maximum absolute atomic E-state index is 13.2. The SMILES string of the molecule is CC(C)n1c(=O)c(OCC(N)=O)cc2cc(Nc3nc(N4CCC(OC5CN(C6CCC(c7ccc8c(c7)CN(C7CCC(=O)NC7=O)C8=O)CC6)C5)CC4)ncc3Cl)ccc21. The van der Waals surface area contributed by atoms with Gasteiger partial charge in [0.05, 0.1) is 23.9 Å². The van der Waals surface area contributed by atoms with E-state index in [0.717, 1.165) is 81.2 Å². The van der Waals surface area contributed by atoms with Gasteiger partial charge in [0.25, 0.3) is 17.4 Å². The Morgan fingerprint density at radius 3 is 2.47 bits per heavy atom. The number of pyridine rings is 1. The van der Waals surface area contributed by atoms with E-state index in [2.05, 4.69) is 37.6 Å². The van der Waals surface area contributed by atoms with E-state index in [1.54, 1.807) is 21.7 Å². The quantitative estimate of drug-likeness (QED) is 0.165. The van der Waals surface area contributed by atoms with Crippen molar-refractivity contribution in [1.82, 2.24) is 29.7 Å². The lowest BCUT2D eigenvalue weighted by molar-refractivity contribution is -0.137. The highest BCUT2D eigenvalue weighted by Gasteiger charge is 2.40. The number of carbonyl (C=O) groups is 4. The van der Waals surface area contributed by atoms with Crippen LogP contribution in [0.5, 0.6) is 5.75 Å². The van der Waals surface area contributed by atoms with E-state index in [0.29, 0.717) is 53.0 Å². The molecule has 0 bridgehead atoms. The molecule has 0 radical (unpaired) electrons. The van der Waals surface area contributed by atoms with Crippen LogP contribution < -0.4 is 31.6 Å². The molecule has 1 saturated carbocycles. The maximum Gasteiger partial charge on any atom is 0.293 e. The normalized spacial score (nSPS) is 22.5. The summed E-state index contributed by atoms with van der Waals surface area (Å²) in [6.45, 7) is 7.25. The molecule has 9 rings (SSSR count). The molecule has 5 aliphatic rings. The number of nitrogens with one attached hydrogen (secondary N) is 2. The molecule has 2 aromatic heterocycles. The molecule has 4 fully saturated rings. The number of likely N-dealkylation sites (tertiary alicyclic amines) is 1. The number of anilines is 3. The highest BCUT2D eigenvalue weighted by molar-refractivity contribution is 6.33. The molecular formula is C45H52ClN9O7. The molecule has 62 heavy (non-hydrogen) atoms. The van der Waals surface area contributed by atoms with E-state index in [1.807, 2.05) is 38.1 Å². The fraction of sp³-hybridized carbons (Fsp3) is 0.489. The van der Waals surface area contributed by atoms with Crippen molar-refractivity contribution < 1.29 is 28.7 Å². The smallest absolute Gasteiger partial charge is 0.293 e. The van der Waals surface area contributed by atoms with Crippen molar-refractivity contribution in [2.45, 2.75) is 108 Å². The van der Waals surface area contributed by atoms with Crippen molar-refractivity contribution in [3.8, 4) is 5.75 Å². The number of rotatable bonds is 12. The average molecular weight is 866 g/mol. The third-order valence-electron chi connectivity index (χ3n) is 13.1. The first kappa shape index (κ1) is 41.8. The van der Waals surface area contributed by atoms with E-state index < -0.39 is 18.6 Å². The second-order valence-corrected chi connectivity index (χ2v) is 17.9. The zero-order valence-corrected chi connectivity index (χ0v) is 35.7. The van der Waals surface area contributed by atoms with Crippen LogP contribution in [-0.2, 0) is 25.7 Å². The minimum Gasteiger partial charge on any atom is -0.478 e. The van der Waals surface area contributed by atoms with Crippen LogP contribution in [-0.4, -0.2) is 105 Å². The maximum atomic E-state index is 13.2. The van der Waals surface area contributed by atoms with Gasteiger partial charge in [-0.25, -0.2) is 4.98 Å². The van der Waals surface area contributed by atoms with Gasteiger partial charge >= 0.3 is 0 Å². The Kier molecular flexibility index (Phi) is 11.6. The molecule has 17 heteroatoms. The van der Waals surface area contributed by atoms with Crippen molar-refractivity contribution >= 4 is 63.6 Å². The van der Waals surface area contributed by atoms with Gasteiger partial charge in [-0.1, -0.05) is 23.7 Å². The van der Waals surface area contributed by atoms with Crippen LogP contribution in [0.25, 0.3) is 10.9 Å². The molecule has 1 unspecified atom stereocenters. The number of ether oxygens (including phenoxy) is 2. The van der Waals surface area contributed by atoms with Crippen molar-refractivity contribution in [1.29, 1.82) is 0 Å². The average Bonchev–Trinajstić information content (AvgIpc) is 3.57. The van der Waals surface area contributed by atoms with E-state index in [9.17, 15) is 24.0 Å². The van der Waals surface area contributed by atoms with Crippen LogP contribution >= 0.6 is 11.6 Å². The van der Waals surface area contributed by atoms with Crippen LogP contribution in [0.4, 0.5) is 17.5 Å². The molecule has 1 atom stereocenters. The summed E-state index contributed by atoms with van der Waals surface area (Å²) >= 11 is 6.58. The van der Waals surface area contributed by atoms with Crippen LogP contribution in [0.15, 0.2) is 53.5 Å². The summed E-state index contributed by atoms with van der Waals surface area (Å²) in [5, 5.41) is 6.80. The number of piperidine rings is 2. The van der Waals surface area contributed by atoms with Crippen molar-refractivity contribution in [2.24, 2.45) is 5.73 Å². The summed E-state index contributed by atoms with van der Waals surface area (Å²) in [7, 11) is 0. The number of nitrogens with zero attached hydrogens (tertiary/aromatic N) is 6. The number of nitrogens with two attached hydrogens (primary N) is 1. The van der Waals surface area contributed by atoms with Crippen LogP contribution in [0.3, 0.4) is 0 Å². The van der Waals surface area contributed by atoms with Gasteiger partial charge in [0.1, 0.15) is 11.1 Å². The number of hydrogen-bond acceptors (Lipinski definition) is 12. The monoisotopic (exact) mass is 865 g/mol. The molecular weight excluding hydrogens is 814 g/mol. The number of amides is 4. The lowest BCUT2D eigenvalue weighted by Crippen LogP contribution is -2.58. The molecule has 3 saturated heterocycles. The Bertz CT molecular complexity index is 2470. The summed E-state index contributed by atoms with van der Waals surface area (Å²) in [4.78, 5) is 77.5. The van der Waals surface area contributed by atoms with Crippen LogP contribution in [0.2, 0.25) is 5.02 Å². The summed E-state index contributed by atoms with van der Waals surface area (Å²) in [6.07, 6.45) is 8.82. The Hall–Kier alpha value is -5.58. The van der Waals surface area contributed by atoms with E-state index in [4.69, 9.17) is 31.8 Å². The molecule has 4 amide bonds. The predicted molar refractivity (Wildman–Crippen MR) is 233 cm³/mol. The Morgan fingerprint density at radius 2 is 1.74 bits per heavy atom. The third-order valence-corrected chi connectivity index (χ3v) is 13.4. The van der Waals surface area contributed by atoms with E-state index in [-0.39, 0.29) is 53.7 Å². The minimum atomic E-state index is -0.669. The number of primary amides is 1. The fourth-order valence-corrected chi connectivity index (χ4v) is 9.98. The molecule has 6 heterocycles. The number of aromatic nitrogens is 3. The van der Waals surface area contributed by atoms with Crippen molar-refractivity contribution in [3.63, 3.8) is 0 Å². The Balaban J connectivity index is 0.739. The number of imide groups is 1. The molecule has 2 aromatic carbocycles. The first-order chi connectivity index (χ1) is 29.9. The number of carbonyl (C=O) groups excluding carboxylic acids is 4. The van der Waals surface area contributed by atoms with Gasteiger partial charge in [0.2, 0.25) is 17.8 Å². The van der Waals surface area contributed by atoms with Crippen LogP contribution in [0.1, 0.15) is 98.7 Å². The Labute approximate surface area is 364 Å². The lowest BCUT2D eigenvalue weighted by atomic mass is 9.80. The molecule has 1 aliphatic carbocycles. The van der Waals surface area contributed by atoms with Gasteiger partial charge in [-0.2, -0.15) is 4.98 Å². The number of fused-ring (bicyclic) bond motifs is 2. The predicted octanol–water partition coefficient (Wildman–Crippen LogP) is 4.79. The summed E-state index contributed by atoms with van der Waals surface area (Å²) in [6, 6.07) is 13.2. The largest absolute Gasteiger partial charge is 0.478 e. The number of hydrogen-bond donors (Lipinski definition) is 3. The van der Waals surface area contributed by atoms with Gasteiger partial charge < -0.3 is 34.9 Å². The number of benzene rings is 2. The van der Waals surface area contributed by atoms with Gasteiger partial charge in [-0.3, -0.25) is 34.2 Å².